The normalized spacial score (nSPS) is 11.4. The van der Waals surface area contributed by atoms with Gasteiger partial charge in [-0.15, -0.1) is 0 Å². The van der Waals surface area contributed by atoms with Crippen molar-refractivity contribution >= 4 is 6.34 Å². The van der Waals surface area contributed by atoms with Crippen LogP contribution < -0.4 is 0 Å². The minimum atomic E-state index is 0.722. The fourth-order valence-electron chi connectivity index (χ4n) is 1.12. The Hall–Kier alpha value is -0.530. The quantitative estimate of drug-likeness (QED) is 0.439. The maximum Gasteiger partial charge on any atom is 0.0846 e. The first-order valence-electron chi connectivity index (χ1n) is 4.37. The van der Waals surface area contributed by atoms with Crippen LogP contribution in [0, 0.1) is 5.92 Å². The molecule has 0 heterocycles. The monoisotopic (exact) mass is 156 g/mol. The fourth-order valence-corrected chi connectivity index (χ4v) is 1.12. The van der Waals surface area contributed by atoms with Gasteiger partial charge in [0.05, 0.1) is 6.34 Å². The largest absolute Gasteiger partial charge is 0.363 e. The molecule has 0 fully saturated rings. The van der Waals surface area contributed by atoms with Crippen molar-refractivity contribution in [3.8, 4) is 0 Å². The summed E-state index contributed by atoms with van der Waals surface area (Å²) in [5.74, 6) is 0.722. The van der Waals surface area contributed by atoms with Gasteiger partial charge in [0.1, 0.15) is 0 Å². The van der Waals surface area contributed by atoms with Gasteiger partial charge in [0.15, 0.2) is 0 Å². The number of rotatable bonds is 5. The summed E-state index contributed by atoms with van der Waals surface area (Å²) in [6.45, 7) is 8.88. The molecule has 0 unspecified atom stereocenters. The SMILES string of the molecule is CCCN(C=NC)CC(C)C. The Bertz CT molecular complexity index is 108. The molecule has 0 atom stereocenters. The topological polar surface area (TPSA) is 15.6 Å². The zero-order valence-electron chi connectivity index (χ0n) is 8.17. The van der Waals surface area contributed by atoms with Gasteiger partial charge in [-0.1, -0.05) is 20.8 Å². The van der Waals surface area contributed by atoms with Gasteiger partial charge in [0, 0.05) is 20.1 Å². The van der Waals surface area contributed by atoms with E-state index in [1.807, 2.05) is 13.4 Å². The molecule has 0 rings (SSSR count). The highest BCUT2D eigenvalue weighted by molar-refractivity contribution is 5.54. The molecule has 0 N–H and O–H groups in total. The van der Waals surface area contributed by atoms with Crippen molar-refractivity contribution in [1.82, 2.24) is 4.90 Å². The van der Waals surface area contributed by atoms with Crippen molar-refractivity contribution < 1.29 is 0 Å². The van der Waals surface area contributed by atoms with Gasteiger partial charge in [0.25, 0.3) is 0 Å². The van der Waals surface area contributed by atoms with Gasteiger partial charge in [-0.25, -0.2) is 0 Å². The Morgan fingerprint density at radius 1 is 1.45 bits per heavy atom. The van der Waals surface area contributed by atoms with Gasteiger partial charge < -0.3 is 4.90 Å². The van der Waals surface area contributed by atoms with Crippen molar-refractivity contribution in [3.05, 3.63) is 0 Å². The minimum absolute atomic E-state index is 0.722. The van der Waals surface area contributed by atoms with E-state index in [0.29, 0.717) is 0 Å². The Labute approximate surface area is 70.3 Å². The van der Waals surface area contributed by atoms with Gasteiger partial charge in [-0.05, 0) is 12.3 Å². The third-order valence-corrected chi connectivity index (χ3v) is 1.39. The fraction of sp³-hybridized carbons (Fsp3) is 0.889. The summed E-state index contributed by atoms with van der Waals surface area (Å²) >= 11 is 0. The van der Waals surface area contributed by atoms with E-state index >= 15 is 0 Å². The summed E-state index contributed by atoms with van der Waals surface area (Å²) in [6, 6.07) is 0. The molecular weight excluding hydrogens is 136 g/mol. The second kappa shape index (κ2) is 6.20. The van der Waals surface area contributed by atoms with Crippen LogP contribution >= 0.6 is 0 Å². The van der Waals surface area contributed by atoms with Crippen LogP contribution in [0.5, 0.6) is 0 Å². The zero-order valence-corrected chi connectivity index (χ0v) is 8.17. The maximum absolute atomic E-state index is 4.01. The predicted molar refractivity (Wildman–Crippen MR) is 51.1 cm³/mol. The molecule has 0 amide bonds. The lowest BCUT2D eigenvalue weighted by Crippen LogP contribution is -2.27. The lowest BCUT2D eigenvalue weighted by atomic mass is 10.2. The van der Waals surface area contributed by atoms with Gasteiger partial charge in [0.2, 0.25) is 0 Å². The standard InChI is InChI=1S/C9H20N2/c1-5-6-11(8-10-4)7-9(2)3/h8-9H,5-7H2,1-4H3. The predicted octanol–water partition coefficient (Wildman–Crippen LogP) is 2.01. The second-order valence-corrected chi connectivity index (χ2v) is 3.26. The molecule has 0 spiro atoms. The smallest absolute Gasteiger partial charge is 0.0846 e. The highest BCUT2D eigenvalue weighted by Crippen LogP contribution is 1.96. The molecule has 0 saturated heterocycles. The summed E-state index contributed by atoms with van der Waals surface area (Å²) in [5.41, 5.74) is 0. The van der Waals surface area contributed by atoms with Crippen LogP contribution in [0.4, 0.5) is 0 Å². The van der Waals surface area contributed by atoms with Crippen molar-refractivity contribution in [2.24, 2.45) is 10.9 Å². The summed E-state index contributed by atoms with van der Waals surface area (Å²) in [4.78, 5) is 6.28. The van der Waals surface area contributed by atoms with Gasteiger partial charge >= 0.3 is 0 Å². The molecule has 2 nitrogen and oxygen atoms in total. The van der Waals surface area contributed by atoms with E-state index < -0.39 is 0 Å². The van der Waals surface area contributed by atoms with Crippen molar-refractivity contribution in [2.75, 3.05) is 20.1 Å². The molecule has 2 heteroatoms. The van der Waals surface area contributed by atoms with E-state index in [1.54, 1.807) is 0 Å². The van der Waals surface area contributed by atoms with Crippen LogP contribution in [0.2, 0.25) is 0 Å². The molecule has 0 aromatic rings. The Morgan fingerprint density at radius 3 is 2.45 bits per heavy atom. The van der Waals surface area contributed by atoms with Gasteiger partial charge in [-0.3, -0.25) is 4.99 Å². The van der Waals surface area contributed by atoms with Crippen LogP contribution in [-0.4, -0.2) is 31.4 Å². The highest BCUT2D eigenvalue weighted by Gasteiger charge is 2.00. The van der Waals surface area contributed by atoms with Crippen molar-refractivity contribution in [1.29, 1.82) is 0 Å². The van der Waals surface area contributed by atoms with E-state index in [4.69, 9.17) is 0 Å². The second-order valence-electron chi connectivity index (χ2n) is 3.26. The molecule has 0 aliphatic carbocycles. The molecule has 0 aromatic heterocycles. The maximum atomic E-state index is 4.01. The average molecular weight is 156 g/mol. The van der Waals surface area contributed by atoms with E-state index in [-0.39, 0.29) is 0 Å². The van der Waals surface area contributed by atoms with E-state index in [1.165, 1.54) is 6.42 Å². The third-order valence-electron chi connectivity index (χ3n) is 1.39. The minimum Gasteiger partial charge on any atom is -0.363 e. The first-order valence-corrected chi connectivity index (χ1v) is 4.37. The summed E-state index contributed by atoms with van der Waals surface area (Å²) in [5, 5.41) is 0. The molecule has 0 saturated carbocycles. The average Bonchev–Trinajstić information content (AvgIpc) is 1.87. The number of hydrogen-bond donors (Lipinski definition) is 0. The van der Waals surface area contributed by atoms with Crippen LogP contribution in [0.25, 0.3) is 0 Å². The molecule has 0 aliphatic heterocycles. The first-order chi connectivity index (χ1) is 5.20. The molecule has 11 heavy (non-hydrogen) atoms. The zero-order chi connectivity index (χ0) is 8.69. The highest BCUT2D eigenvalue weighted by atomic mass is 15.1. The summed E-state index contributed by atoms with van der Waals surface area (Å²) in [7, 11) is 1.82. The van der Waals surface area contributed by atoms with Crippen molar-refractivity contribution in [3.63, 3.8) is 0 Å². The number of hydrogen-bond acceptors (Lipinski definition) is 1. The Morgan fingerprint density at radius 2 is 2.09 bits per heavy atom. The van der Waals surface area contributed by atoms with Crippen LogP contribution in [-0.2, 0) is 0 Å². The lowest BCUT2D eigenvalue weighted by Gasteiger charge is -2.20. The molecule has 66 valence electrons. The van der Waals surface area contributed by atoms with Crippen molar-refractivity contribution in [2.45, 2.75) is 27.2 Å². The molecule has 0 aromatic carbocycles. The van der Waals surface area contributed by atoms with Gasteiger partial charge in [-0.2, -0.15) is 0 Å². The van der Waals surface area contributed by atoms with E-state index in [9.17, 15) is 0 Å². The van der Waals surface area contributed by atoms with Crippen LogP contribution in [0.1, 0.15) is 27.2 Å². The Kier molecular flexibility index (Phi) is 5.90. The van der Waals surface area contributed by atoms with E-state index in [2.05, 4.69) is 30.7 Å². The summed E-state index contributed by atoms with van der Waals surface area (Å²) < 4.78 is 0. The van der Waals surface area contributed by atoms with E-state index in [0.717, 1.165) is 19.0 Å². The number of nitrogens with zero attached hydrogens (tertiary/aromatic N) is 2. The van der Waals surface area contributed by atoms with Crippen LogP contribution in [0.3, 0.4) is 0 Å². The molecule has 0 aliphatic rings. The first kappa shape index (κ1) is 10.5. The number of aliphatic imine (C=N–C) groups is 1. The summed E-state index contributed by atoms with van der Waals surface area (Å²) in [6.07, 6.45) is 3.13. The third kappa shape index (κ3) is 5.89. The molecule has 0 bridgehead atoms. The molecule has 0 radical (unpaired) electrons. The van der Waals surface area contributed by atoms with Crippen LogP contribution in [0.15, 0.2) is 4.99 Å². The Balaban J connectivity index is 3.69. The lowest BCUT2D eigenvalue weighted by molar-refractivity contribution is 0.374. The molecular formula is C9H20N2.